The standard InChI is InChI=1S/C22H25Cl2FN2O3/c1-4-14(2)26-22(29)15(3)27(12-16-9-10-17(23)18(24)11-16)21(28)13-30-20-8-6-5-7-19(20)25/h5-11,14-15H,4,12-13H2,1-3H3,(H,26,29). The van der Waals surface area contributed by atoms with E-state index in [0.717, 1.165) is 6.42 Å². The number of hydrogen-bond donors (Lipinski definition) is 1. The molecule has 0 aromatic heterocycles. The molecule has 2 aromatic carbocycles. The van der Waals surface area contributed by atoms with Gasteiger partial charge in [0.25, 0.3) is 5.91 Å². The quantitative estimate of drug-likeness (QED) is 0.589. The Bertz CT molecular complexity index is 894. The van der Waals surface area contributed by atoms with Crippen LogP contribution in [-0.2, 0) is 16.1 Å². The summed E-state index contributed by atoms with van der Waals surface area (Å²) in [6, 6.07) is 10.0. The van der Waals surface area contributed by atoms with Gasteiger partial charge in [0.2, 0.25) is 5.91 Å². The van der Waals surface area contributed by atoms with Gasteiger partial charge in [-0.15, -0.1) is 0 Å². The van der Waals surface area contributed by atoms with E-state index in [1.54, 1.807) is 31.2 Å². The predicted octanol–water partition coefficient (Wildman–Crippen LogP) is 4.84. The van der Waals surface area contributed by atoms with E-state index in [1.807, 2.05) is 13.8 Å². The Balaban J connectivity index is 2.20. The summed E-state index contributed by atoms with van der Waals surface area (Å²) in [5.41, 5.74) is 0.701. The van der Waals surface area contributed by atoms with Crippen molar-refractivity contribution in [2.75, 3.05) is 6.61 Å². The molecule has 0 saturated carbocycles. The molecular formula is C22H25Cl2FN2O3. The number of nitrogens with one attached hydrogen (secondary N) is 1. The largest absolute Gasteiger partial charge is 0.481 e. The number of para-hydroxylation sites is 1. The minimum Gasteiger partial charge on any atom is -0.481 e. The molecule has 0 spiro atoms. The molecule has 30 heavy (non-hydrogen) atoms. The lowest BCUT2D eigenvalue weighted by atomic mass is 10.1. The molecule has 2 rings (SSSR count). The Morgan fingerprint density at radius 3 is 2.47 bits per heavy atom. The molecule has 0 radical (unpaired) electrons. The SMILES string of the molecule is CCC(C)NC(=O)C(C)N(Cc1ccc(Cl)c(Cl)c1)C(=O)COc1ccccc1F. The Morgan fingerprint density at radius 1 is 1.13 bits per heavy atom. The lowest BCUT2D eigenvalue weighted by Gasteiger charge is -2.29. The number of carbonyl (C=O) groups is 2. The summed E-state index contributed by atoms with van der Waals surface area (Å²) in [7, 11) is 0. The highest BCUT2D eigenvalue weighted by molar-refractivity contribution is 6.42. The summed E-state index contributed by atoms with van der Waals surface area (Å²) in [6.45, 7) is 5.18. The topological polar surface area (TPSA) is 58.6 Å². The average molecular weight is 455 g/mol. The van der Waals surface area contributed by atoms with Crippen LogP contribution < -0.4 is 10.1 Å². The fourth-order valence-corrected chi connectivity index (χ4v) is 2.99. The van der Waals surface area contributed by atoms with Gasteiger partial charge >= 0.3 is 0 Å². The first-order valence-corrected chi connectivity index (χ1v) is 10.4. The smallest absolute Gasteiger partial charge is 0.261 e. The van der Waals surface area contributed by atoms with E-state index in [0.29, 0.717) is 15.6 Å². The lowest BCUT2D eigenvalue weighted by molar-refractivity contribution is -0.142. The Hall–Kier alpha value is -2.31. The van der Waals surface area contributed by atoms with E-state index >= 15 is 0 Å². The molecule has 2 amide bonds. The van der Waals surface area contributed by atoms with Gasteiger partial charge in [-0.1, -0.05) is 48.3 Å². The summed E-state index contributed by atoms with van der Waals surface area (Å²) in [5, 5.41) is 3.61. The van der Waals surface area contributed by atoms with E-state index in [4.69, 9.17) is 27.9 Å². The number of hydrogen-bond acceptors (Lipinski definition) is 3. The van der Waals surface area contributed by atoms with E-state index in [2.05, 4.69) is 5.32 Å². The molecule has 2 unspecified atom stereocenters. The van der Waals surface area contributed by atoms with E-state index in [1.165, 1.54) is 23.1 Å². The van der Waals surface area contributed by atoms with Crippen LogP contribution in [0.3, 0.4) is 0 Å². The second kappa shape index (κ2) is 11.2. The van der Waals surface area contributed by atoms with Gasteiger partial charge in [-0.3, -0.25) is 9.59 Å². The van der Waals surface area contributed by atoms with Crippen LogP contribution >= 0.6 is 23.2 Å². The summed E-state index contributed by atoms with van der Waals surface area (Å²) >= 11 is 12.1. The molecule has 0 saturated heterocycles. The monoisotopic (exact) mass is 454 g/mol. The molecule has 0 heterocycles. The average Bonchev–Trinajstić information content (AvgIpc) is 2.73. The number of amides is 2. The molecule has 0 aliphatic carbocycles. The van der Waals surface area contributed by atoms with Crippen LogP contribution in [0.5, 0.6) is 5.75 Å². The Labute approximate surface area is 186 Å². The second-order valence-electron chi connectivity index (χ2n) is 6.98. The van der Waals surface area contributed by atoms with Gasteiger partial charge in [0.1, 0.15) is 6.04 Å². The number of halogens is 3. The van der Waals surface area contributed by atoms with Crippen LogP contribution in [0.4, 0.5) is 4.39 Å². The van der Waals surface area contributed by atoms with E-state index in [9.17, 15) is 14.0 Å². The van der Waals surface area contributed by atoms with Gasteiger partial charge in [-0.25, -0.2) is 4.39 Å². The molecule has 2 atom stereocenters. The number of rotatable bonds is 9. The molecule has 0 fully saturated rings. The zero-order valence-corrected chi connectivity index (χ0v) is 18.6. The molecule has 8 heteroatoms. The molecule has 0 aliphatic heterocycles. The van der Waals surface area contributed by atoms with Crippen LogP contribution in [-0.4, -0.2) is 35.4 Å². The highest BCUT2D eigenvalue weighted by atomic mass is 35.5. The van der Waals surface area contributed by atoms with Crippen LogP contribution in [0.25, 0.3) is 0 Å². The fourth-order valence-electron chi connectivity index (χ4n) is 2.67. The second-order valence-corrected chi connectivity index (χ2v) is 7.80. The summed E-state index contributed by atoms with van der Waals surface area (Å²) in [5.74, 6) is -1.35. The lowest BCUT2D eigenvalue weighted by Crippen LogP contribution is -2.50. The van der Waals surface area contributed by atoms with Gasteiger partial charge < -0.3 is 15.0 Å². The Morgan fingerprint density at radius 2 is 1.83 bits per heavy atom. The van der Waals surface area contributed by atoms with Crippen LogP contribution in [0, 0.1) is 5.82 Å². The van der Waals surface area contributed by atoms with Crippen molar-refractivity contribution in [3.63, 3.8) is 0 Å². The molecule has 5 nitrogen and oxygen atoms in total. The fraction of sp³-hybridized carbons (Fsp3) is 0.364. The third-order valence-corrected chi connectivity index (χ3v) is 5.43. The molecule has 0 bridgehead atoms. The maximum absolute atomic E-state index is 13.8. The Kier molecular flexibility index (Phi) is 8.93. The number of ether oxygens (including phenoxy) is 1. The third kappa shape index (κ3) is 6.61. The molecular weight excluding hydrogens is 430 g/mol. The summed E-state index contributed by atoms with van der Waals surface area (Å²) in [4.78, 5) is 26.9. The number of benzene rings is 2. The van der Waals surface area contributed by atoms with Crippen molar-refractivity contribution in [1.29, 1.82) is 0 Å². The zero-order valence-electron chi connectivity index (χ0n) is 17.1. The van der Waals surface area contributed by atoms with Crippen molar-refractivity contribution >= 4 is 35.0 Å². The van der Waals surface area contributed by atoms with Crippen molar-refractivity contribution in [3.05, 3.63) is 63.9 Å². The molecule has 1 N–H and O–H groups in total. The van der Waals surface area contributed by atoms with E-state index in [-0.39, 0.29) is 24.2 Å². The molecule has 0 aliphatic rings. The van der Waals surface area contributed by atoms with Gasteiger partial charge in [-0.05, 0) is 50.1 Å². The first kappa shape index (κ1) is 24.0. The minimum atomic E-state index is -0.773. The van der Waals surface area contributed by atoms with E-state index < -0.39 is 24.4 Å². The van der Waals surface area contributed by atoms with Crippen molar-refractivity contribution in [1.82, 2.24) is 10.2 Å². The first-order valence-electron chi connectivity index (χ1n) is 9.64. The zero-order chi connectivity index (χ0) is 22.3. The van der Waals surface area contributed by atoms with Crippen molar-refractivity contribution in [2.24, 2.45) is 0 Å². The third-order valence-electron chi connectivity index (χ3n) is 4.69. The van der Waals surface area contributed by atoms with Crippen molar-refractivity contribution < 1.29 is 18.7 Å². The van der Waals surface area contributed by atoms with Gasteiger partial charge in [-0.2, -0.15) is 0 Å². The van der Waals surface area contributed by atoms with Gasteiger partial charge in [0.05, 0.1) is 10.0 Å². The molecule has 2 aromatic rings. The van der Waals surface area contributed by atoms with Crippen molar-refractivity contribution in [3.8, 4) is 5.75 Å². The maximum atomic E-state index is 13.8. The molecule has 162 valence electrons. The van der Waals surface area contributed by atoms with Gasteiger partial charge in [0.15, 0.2) is 18.2 Å². The minimum absolute atomic E-state index is 0.0305. The normalized spacial score (nSPS) is 12.7. The van der Waals surface area contributed by atoms with Crippen LogP contribution in [0.15, 0.2) is 42.5 Å². The van der Waals surface area contributed by atoms with Crippen LogP contribution in [0.1, 0.15) is 32.8 Å². The summed E-state index contributed by atoms with van der Waals surface area (Å²) in [6.07, 6.45) is 0.760. The van der Waals surface area contributed by atoms with Gasteiger partial charge in [0, 0.05) is 12.6 Å². The van der Waals surface area contributed by atoms with Crippen LogP contribution in [0.2, 0.25) is 10.0 Å². The maximum Gasteiger partial charge on any atom is 0.261 e. The predicted molar refractivity (Wildman–Crippen MR) is 116 cm³/mol. The van der Waals surface area contributed by atoms with Crippen molar-refractivity contribution in [2.45, 2.75) is 45.8 Å². The number of nitrogens with zero attached hydrogens (tertiary/aromatic N) is 1. The summed E-state index contributed by atoms with van der Waals surface area (Å²) < 4.78 is 19.1. The number of carbonyl (C=O) groups excluding carboxylic acids is 2. The highest BCUT2D eigenvalue weighted by Gasteiger charge is 2.27. The first-order chi connectivity index (χ1) is 14.2. The highest BCUT2D eigenvalue weighted by Crippen LogP contribution is 2.24.